The van der Waals surface area contributed by atoms with E-state index in [1.165, 1.54) is 29.3 Å². The molecule has 1 heterocycles. The van der Waals surface area contributed by atoms with Crippen molar-refractivity contribution in [3.63, 3.8) is 0 Å². The lowest BCUT2D eigenvalue weighted by Gasteiger charge is -2.12. The lowest BCUT2D eigenvalue weighted by molar-refractivity contribution is 0.0955. The smallest absolute Gasteiger partial charge is 0.271 e. The highest BCUT2D eigenvalue weighted by atomic mass is 32.2. The molecule has 0 bridgehead atoms. The van der Waals surface area contributed by atoms with Crippen molar-refractivity contribution in [3.8, 4) is 5.69 Å². The number of carbonyl (C=O) groups is 1. The molecule has 0 radical (unpaired) electrons. The first-order valence-corrected chi connectivity index (χ1v) is 13.7. The van der Waals surface area contributed by atoms with E-state index < -0.39 is 15.9 Å². The summed E-state index contributed by atoms with van der Waals surface area (Å²) in [7, 11) is -3.88. The van der Waals surface area contributed by atoms with Crippen LogP contribution in [0.1, 0.15) is 49.6 Å². The fourth-order valence-electron chi connectivity index (χ4n) is 4.34. The van der Waals surface area contributed by atoms with Crippen molar-refractivity contribution in [1.82, 2.24) is 9.99 Å². The summed E-state index contributed by atoms with van der Waals surface area (Å²) < 4.78 is 30.7. The molecule has 4 rings (SSSR count). The van der Waals surface area contributed by atoms with Crippen LogP contribution in [0, 0.1) is 41.5 Å². The van der Waals surface area contributed by atoms with Crippen molar-refractivity contribution in [2.45, 2.75) is 46.4 Å². The van der Waals surface area contributed by atoms with Crippen LogP contribution in [-0.2, 0) is 10.0 Å². The standard InChI is InChI=1S/C30H32N4O3S/c1-19-10-13-29(22(4)14-19)33-38(36,37)28-9-7-8-25(17-28)30(35)32-31-18-26-16-23(5)34(24(26)6)27-12-11-20(2)21(3)15-27/h7-18,33H,1-6H3,(H,32,35)/b31-18-. The number of nitrogens with one attached hydrogen (secondary N) is 2. The van der Waals surface area contributed by atoms with E-state index in [4.69, 9.17) is 0 Å². The maximum atomic E-state index is 13.0. The van der Waals surface area contributed by atoms with Gasteiger partial charge in [0.1, 0.15) is 0 Å². The predicted molar refractivity (Wildman–Crippen MR) is 153 cm³/mol. The fourth-order valence-corrected chi connectivity index (χ4v) is 5.52. The number of rotatable bonds is 7. The van der Waals surface area contributed by atoms with Gasteiger partial charge in [-0.1, -0.05) is 29.8 Å². The molecule has 0 saturated heterocycles. The second-order valence-electron chi connectivity index (χ2n) is 9.58. The number of sulfonamides is 1. The Bertz CT molecular complexity index is 1670. The molecular formula is C30H32N4O3S. The van der Waals surface area contributed by atoms with Gasteiger partial charge in [-0.25, -0.2) is 13.8 Å². The Kier molecular flexibility index (Phi) is 7.55. The molecule has 196 valence electrons. The third-order valence-electron chi connectivity index (χ3n) is 6.62. The van der Waals surface area contributed by atoms with E-state index in [2.05, 4.69) is 51.9 Å². The minimum absolute atomic E-state index is 0.00829. The van der Waals surface area contributed by atoms with E-state index in [1.54, 1.807) is 18.3 Å². The fraction of sp³-hybridized carbons (Fsp3) is 0.200. The molecule has 3 aromatic carbocycles. The lowest BCUT2D eigenvalue weighted by Crippen LogP contribution is -2.19. The molecule has 0 unspecified atom stereocenters. The van der Waals surface area contributed by atoms with Crippen molar-refractivity contribution in [1.29, 1.82) is 0 Å². The number of benzene rings is 3. The summed E-state index contributed by atoms with van der Waals surface area (Å²) >= 11 is 0. The molecule has 0 fully saturated rings. The van der Waals surface area contributed by atoms with Gasteiger partial charge in [-0.05, 0) is 101 Å². The van der Waals surface area contributed by atoms with Gasteiger partial charge in [0.25, 0.3) is 15.9 Å². The molecule has 4 aromatic rings. The zero-order valence-corrected chi connectivity index (χ0v) is 23.3. The van der Waals surface area contributed by atoms with E-state index in [0.717, 1.165) is 33.8 Å². The number of aromatic nitrogens is 1. The number of hydrogen-bond acceptors (Lipinski definition) is 4. The molecule has 8 heteroatoms. The predicted octanol–water partition coefficient (Wildman–Crippen LogP) is 5.89. The minimum atomic E-state index is -3.88. The molecule has 2 N–H and O–H groups in total. The van der Waals surface area contributed by atoms with Crippen molar-refractivity contribution >= 4 is 27.8 Å². The third kappa shape index (κ3) is 5.70. The van der Waals surface area contributed by atoms with Gasteiger partial charge in [-0.3, -0.25) is 9.52 Å². The summed E-state index contributed by atoms with van der Waals surface area (Å²) in [4.78, 5) is 12.8. The van der Waals surface area contributed by atoms with E-state index in [0.29, 0.717) is 5.69 Å². The average molecular weight is 529 g/mol. The molecular weight excluding hydrogens is 496 g/mol. The number of nitrogens with zero attached hydrogens (tertiary/aromatic N) is 2. The topological polar surface area (TPSA) is 92.6 Å². The van der Waals surface area contributed by atoms with Crippen LogP contribution >= 0.6 is 0 Å². The molecule has 0 spiro atoms. The Labute approximate surface area is 224 Å². The number of hydrogen-bond donors (Lipinski definition) is 2. The van der Waals surface area contributed by atoms with Crippen LogP contribution < -0.4 is 10.1 Å². The van der Waals surface area contributed by atoms with E-state index in [9.17, 15) is 13.2 Å². The maximum absolute atomic E-state index is 13.0. The highest BCUT2D eigenvalue weighted by Crippen LogP contribution is 2.23. The van der Waals surface area contributed by atoms with Gasteiger partial charge in [0.2, 0.25) is 0 Å². The van der Waals surface area contributed by atoms with Crippen molar-refractivity contribution < 1.29 is 13.2 Å². The molecule has 7 nitrogen and oxygen atoms in total. The van der Waals surface area contributed by atoms with Crippen LogP contribution in [0.3, 0.4) is 0 Å². The Morgan fingerprint density at radius 3 is 2.32 bits per heavy atom. The molecule has 1 amide bonds. The number of carbonyl (C=O) groups excluding carboxylic acids is 1. The van der Waals surface area contributed by atoms with Crippen LogP contribution in [-0.4, -0.2) is 25.1 Å². The van der Waals surface area contributed by atoms with Gasteiger partial charge < -0.3 is 4.57 Å². The Balaban J connectivity index is 1.50. The first-order chi connectivity index (χ1) is 18.0. The second kappa shape index (κ2) is 10.7. The number of aryl methyl sites for hydroxylation is 5. The largest absolute Gasteiger partial charge is 0.318 e. The molecule has 0 saturated carbocycles. The molecule has 38 heavy (non-hydrogen) atoms. The second-order valence-corrected chi connectivity index (χ2v) is 11.3. The molecule has 0 atom stereocenters. The van der Waals surface area contributed by atoms with Crippen LogP contribution in [0.25, 0.3) is 5.69 Å². The Hall–Kier alpha value is -4.17. The summed E-state index contributed by atoms with van der Waals surface area (Å²) in [5.41, 5.74) is 11.5. The summed E-state index contributed by atoms with van der Waals surface area (Å²) in [6.45, 7) is 12.0. The molecule has 1 aromatic heterocycles. The van der Waals surface area contributed by atoms with Crippen molar-refractivity contribution in [2.24, 2.45) is 5.10 Å². The van der Waals surface area contributed by atoms with Gasteiger partial charge in [0.15, 0.2) is 0 Å². The minimum Gasteiger partial charge on any atom is -0.318 e. The number of anilines is 1. The molecule has 0 aliphatic carbocycles. The van der Waals surface area contributed by atoms with Gasteiger partial charge in [0, 0.05) is 28.2 Å². The normalized spacial score (nSPS) is 11.6. The highest BCUT2D eigenvalue weighted by Gasteiger charge is 2.17. The van der Waals surface area contributed by atoms with Crippen LogP contribution in [0.2, 0.25) is 0 Å². The zero-order chi connectivity index (χ0) is 27.6. The first kappa shape index (κ1) is 26.9. The molecule has 0 aliphatic rings. The summed E-state index contributed by atoms with van der Waals surface area (Å²) in [5.74, 6) is -0.507. The number of amides is 1. The summed E-state index contributed by atoms with van der Waals surface area (Å²) in [6.07, 6.45) is 1.60. The SMILES string of the molecule is Cc1ccc(NS(=O)(=O)c2cccc(C(=O)N/N=C\c3cc(C)n(-c4ccc(C)c(C)c4)c3C)c2)c(C)c1. The molecule has 0 aliphatic heterocycles. The van der Waals surface area contributed by atoms with Crippen molar-refractivity contribution in [2.75, 3.05) is 4.72 Å². The van der Waals surface area contributed by atoms with Gasteiger partial charge >= 0.3 is 0 Å². The number of hydrazone groups is 1. The van der Waals surface area contributed by atoms with Gasteiger partial charge in [0.05, 0.1) is 16.8 Å². The summed E-state index contributed by atoms with van der Waals surface area (Å²) in [6, 6.07) is 19.7. The Morgan fingerprint density at radius 2 is 1.61 bits per heavy atom. The van der Waals surface area contributed by atoms with Gasteiger partial charge in [-0.2, -0.15) is 5.10 Å². The third-order valence-corrected chi connectivity index (χ3v) is 7.98. The average Bonchev–Trinajstić information content (AvgIpc) is 3.15. The highest BCUT2D eigenvalue weighted by molar-refractivity contribution is 7.92. The van der Waals surface area contributed by atoms with E-state index in [-0.39, 0.29) is 10.5 Å². The van der Waals surface area contributed by atoms with Crippen LogP contribution in [0.4, 0.5) is 5.69 Å². The quantitative estimate of drug-likeness (QED) is 0.231. The van der Waals surface area contributed by atoms with E-state index >= 15 is 0 Å². The monoisotopic (exact) mass is 528 g/mol. The maximum Gasteiger partial charge on any atom is 0.271 e. The van der Waals surface area contributed by atoms with Crippen LogP contribution in [0.5, 0.6) is 0 Å². The van der Waals surface area contributed by atoms with E-state index in [1.807, 2.05) is 45.9 Å². The van der Waals surface area contributed by atoms with Crippen LogP contribution in [0.15, 0.2) is 76.7 Å². The van der Waals surface area contributed by atoms with Gasteiger partial charge in [-0.15, -0.1) is 0 Å². The van der Waals surface area contributed by atoms with Crippen molar-refractivity contribution in [3.05, 3.63) is 111 Å². The first-order valence-electron chi connectivity index (χ1n) is 12.3. The Morgan fingerprint density at radius 1 is 0.842 bits per heavy atom. The zero-order valence-electron chi connectivity index (χ0n) is 22.5. The summed E-state index contributed by atoms with van der Waals surface area (Å²) in [5, 5.41) is 4.14. The lowest BCUT2D eigenvalue weighted by atomic mass is 10.1.